The van der Waals surface area contributed by atoms with Crippen molar-refractivity contribution in [3.8, 4) is 11.8 Å². The molecule has 0 aromatic heterocycles. The highest BCUT2D eigenvalue weighted by Gasteiger charge is 2.02. The molecule has 0 radical (unpaired) electrons. The fourth-order valence-electron chi connectivity index (χ4n) is 0.877. The number of hydrogen-bond donors (Lipinski definition) is 1. The first-order valence-electron chi connectivity index (χ1n) is 3.70. The summed E-state index contributed by atoms with van der Waals surface area (Å²) in [5.41, 5.74) is 1.04. The first-order valence-corrected chi connectivity index (χ1v) is 4.71. The van der Waals surface area contributed by atoms with Crippen molar-refractivity contribution < 1.29 is 4.39 Å². The third-order valence-electron chi connectivity index (χ3n) is 1.55. The Morgan fingerprint density at radius 1 is 1.54 bits per heavy atom. The summed E-state index contributed by atoms with van der Waals surface area (Å²) in [6.07, 6.45) is 0. The van der Waals surface area contributed by atoms with Gasteiger partial charge in [0.1, 0.15) is 5.82 Å². The second-order valence-electron chi connectivity index (χ2n) is 2.54. The van der Waals surface area contributed by atoms with Gasteiger partial charge in [0, 0.05) is 5.56 Å². The minimum absolute atomic E-state index is 0.284. The lowest BCUT2D eigenvalue weighted by Gasteiger charge is -1.99. The van der Waals surface area contributed by atoms with Crippen LogP contribution >= 0.6 is 24.2 Å². The number of aryl methyl sites for hydroxylation is 1. The van der Waals surface area contributed by atoms with Gasteiger partial charge >= 0.3 is 0 Å². The molecule has 0 spiro atoms. The molecule has 0 fully saturated rings. The summed E-state index contributed by atoms with van der Waals surface area (Å²) in [6.45, 7) is 1.66. The largest absolute Gasteiger partial charge is 0.207 e. The molecule has 1 aromatic carbocycles. The summed E-state index contributed by atoms with van der Waals surface area (Å²) in [7, 11) is 0. The predicted molar refractivity (Wildman–Crippen MR) is 56.9 cm³/mol. The molecule has 13 heavy (non-hydrogen) atoms. The van der Waals surface area contributed by atoms with E-state index in [1.54, 1.807) is 13.0 Å². The van der Waals surface area contributed by atoms with Gasteiger partial charge < -0.3 is 0 Å². The third kappa shape index (κ3) is 2.65. The van der Waals surface area contributed by atoms with Crippen LogP contribution in [0.15, 0.2) is 12.1 Å². The monoisotopic (exact) mass is 214 g/mol. The average molecular weight is 215 g/mol. The molecule has 0 amide bonds. The van der Waals surface area contributed by atoms with Crippen LogP contribution in [0.4, 0.5) is 4.39 Å². The van der Waals surface area contributed by atoms with Crippen molar-refractivity contribution in [2.24, 2.45) is 0 Å². The van der Waals surface area contributed by atoms with E-state index in [0.29, 0.717) is 21.9 Å². The van der Waals surface area contributed by atoms with Gasteiger partial charge in [-0.05, 0) is 24.6 Å². The molecule has 68 valence electrons. The predicted octanol–water partition coefficient (Wildman–Crippen LogP) is 3.07. The van der Waals surface area contributed by atoms with Crippen LogP contribution in [0.5, 0.6) is 0 Å². The SMILES string of the molecule is Cc1cc(Cl)c(C#CCS)cc1F. The Balaban J connectivity index is 3.16. The minimum atomic E-state index is -0.284. The number of hydrogen-bond acceptors (Lipinski definition) is 1. The van der Waals surface area contributed by atoms with Crippen LogP contribution in [-0.2, 0) is 0 Å². The van der Waals surface area contributed by atoms with Gasteiger partial charge in [-0.2, -0.15) is 12.6 Å². The summed E-state index contributed by atoms with van der Waals surface area (Å²) in [6, 6.07) is 2.91. The van der Waals surface area contributed by atoms with E-state index in [4.69, 9.17) is 11.6 Å². The number of thiol groups is 1. The summed E-state index contributed by atoms with van der Waals surface area (Å²) in [4.78, 5) is 0. The van der Waals surface area contributed by atoms with E-state index in [1.807, 2.05) is 0 Å². The van der Waals surface area contributed by atoms with Crippen molar-refractivity contribution in [3.63, 3.8) is 0 Å². The van der Waals surface area contributed by atoms with E-state index < -0.39 is 0 Å². The van der Waals surface area contributed by atoms with E-state index in [-0.39, 0.29) is 5.82 Å². The second-order valence-corrected chi connectivity index (χ2v) is 3.26. The molecule has 0 aliphatic rings. The molecule has 0 N–H and O–H groups in total. The van der Waals surface area contributed by atoms with Crippen molar-refractivity contribution >= 4 is 24.2 Å². The quantitative estimate of drug-likeness (QED) is 0.498. The molecular weight excluding hydrogens is 207 g/mol. The Kier molecular flexibility index (Phi) is 3.65. The number of rotatable bonds is 0. The number of benzene rings is 1. The van der Waals surface area contributed by atoms with Gasteiger partial charge in [0.05, 0.1) is 10.8 Å². The molecule has 0 aliphatic heterocycles. The lowest BCUT2D eigenvalue weighted by molar-refractivity contribution is 0.618. The molecule has 0 aliphatic carbocycles. The summed E-state index contributed by atoms with van der Waals surface area (Å²) in [5, 5.41) is 0.480. The zero-order chi connectivity index (χ0) is 9.84. The zero-order valence-electron chi connectivity index (χ0n) is 7.06. The maximum Gasteiger partial charge on any atom is 0.127 e. The van der Waals surface area contributed by atoms with Crippen molar-refractivity contribution in [1.82, 2.24) is 0 Å². The lowest BCUT2D eigenvalue weighted by atomic mass is 10.1. The maximum atomic E-state index is 13.0. The number of halogens is 2. The smallest absolute Gasteiger partial charge is 0.127 e. The molecule has 0 heterocycles. The van der Waals surface area contributed by atoms with E-state index in [9.17, 15) is 4.39 Å². The van der Waals surface area contributed by atoms with Crippen LogP contribution in [0, 0.1) is 24.6 Å². The van der Waals surface area contributed by atoms with Crippen LogP contribution in [0.25, 0.3) is 0 Å². The average Bonchev–Trinajstić information content (AvgIpc) is 2.09. The van der Waals surface area contributed by atoms with Crippen LogP contribution in [0.2, 0.25) is 5.02 Å². The van der Waals surface area contributed by atoms with Crippen molar-refractivity contribution in [2.75, 3.05) is 5.75 Å². The highest BCUT2D eigenvalue weighted by atomic mass is 35.5. The fraction of sp³-hybridized carbons (Fsp3) is 0.200. The van der Waals surface area contributed by atoms with Gasteiger partial charge in [-0.1, -0.05) is 23.4 Å². The van der Waals surface area contributed by atoms with E-state index in [2.05, 4.69) is 24.5 Å². The molecular formula is C10H8ClFS. The second kappa shape index (κ2) is 4.55. The molecule has 0 nitrogen and oxygen atoms in total. The Hall–Kier alpha value is -0.650. The molecule has 1 rings (SSSR count). The molecule has 0 bridgehead atoms. The maximum absolute atomic E-state index is 13.0. The Labute approximate surface area is 87.5 Å². The van der Waals surface area contributed by atoms with E-state index >= 15 is 0 Å². The highest BCUT2D eigenvalue weighted by molar-refractivity contribution is 7.80. The Morgan fingerprint density at radius 3 is 2.85 bits per heavy atom. The van der Waals surface area contributed by atoms with Crippen LogP contribution < -0.4 is 0 Å². The first-order chi connectivity index (χ1) is 6.15. The Morgan fingerprint density at radius 2 is 2.23 bits per heavy atom. The summed E-state index contributed by atoms with van der Waals surface area (Å²) >= 11 is 9.76. The normalized spacial score (nSPS) is 9.23. The summed E-state index contributed by atoms with van der Waals surface area (Å²) in [5.74, 6) is 5.60. The van der Waals surface area contributed by atoms with Crippen LogP contribution in [0.3, 0.4) is 0 Å². The minimum Gasteiger partial charge on any atom is -0.207 e. The third-order valence-corrected chi connectivity index (χ3v) is 2.02. The molecule has 3 heteroatoms. The molecule has 0 saturated carbocycles. The van der Waals surface area contributed by atoms with Gasteiger partial charge in [0.15, 0.2) is 0 Å². The standard InChI is InChI=1S/C10H8ClFS/c1-7-5-9(11)8(3-2-4-13)6-10(7)12/h5-6,13H,4H2,1H3. The topological polar surface area (TPSA) is 0 Å². The molecule has 0 atom stereocenters. The van der Waals surface area contributed by atoms with Crippen LogP contribution in [-0.4, -0.2) is 5.75 Å². The van der Waals surface area contributed by atoms with Crippen LogP contribution in [0.1, 0.15) is 11.1 Å². The fourth-order valence-corrected chi connectivity index (χ4v) is 1.22. The van der Waals surface area contributed by atoms with Gasteiger partial charge in [-0.3, -0.25) is 0 Å². The van der Waals surface area contributed by atoms with Gasteiger partial charge in [-0.15, -0.1) is 0 Å². The Bertz CT molecular complexity index is 376. The first kappa shape index (κ1) is 10.4. The van der Waals surface area contributed by atoms with Crippen molar-refractivity contribution in [2.45, 2.75) is 6.92 Å². The molecule has 1 aromatic rings. The lowest BCUT2D eigenvalue weighted by Crippen LogP contribution is -1.86. The van der Waals surface area contributed by atoms with E-state index in [1.165, 1.54) is 6.07 Å². The molecule has 0 unspecified atom stereocenters. The highest BCUT2D eigenvalue weighted by Crippen LogP contribution is 2.19. The van der Waals surface area contributed by atoms with Gasteiger partial charge in [0.2, 0.25) is 0 Å². The van der Waals surface area contributed by atoms with Crippen molar-refractivity contribution in [3.05, 3.63) is 34.1 Å². The van der Waals surface area contributed by atoms with Gasteiger partial charge in [0.25, 0.3) is 0 Å². The van der Waals surface area contributed by atoms with Gasteiger partial charge in [-0.25, -0.2) is 4.39 Å². The van der Waals surface area contributed by atoms with E-state index in [0.717, 1.165) is 0 Å². The van der Waals surface area contributed by atoms with Crippen molar-refractivity contribution in [1.29, 1.82) is 0 Å². The summed E-state index contributed by atoms with van der Waals surface area (Å²) < 4.78 is 13.0. The molecule has 0 saturated heterocycles. The zero-order valence-corrected chi connectivity index (χ0v) is 8.72.